The molecule has 0 unspecified atom stereocenters. The maximum Gasteiger partial charge on any atom is 0.333 e. The van der Waals surface area contributed by atoms with Crippen molar-refractivity contribution in [3.63, 3.8) is 0 Å². The Morgan fingerprint density at radius 2 is 1.86 bits per heavy atom. The maximum atomic E-state index is 12.1. The van der Waals surface area contributed by atoms with Crippen LogP contribution >= 0.6 is 0 Å². The second kappa shape index (κ2) is 8.70. The Hall–Kier alpha value is -2.41. The van der Waals surface area contributed by atoms with Crippen LogP contribution in [0.4, 0.5) is 4.79 Å². The Morgan fingerprint density at radius 1 is 1.19 bits per heavy atom. The minimum absolute atomic E-state index is 0.280. The van der Waals surface area contributed by atoms with Crippen molar-refractivity contribution < 1.29 is 23.9 Å². The van der Waals surface area contributed by atoms with Crippen molar-refractivity contribution in [3.05, 3.63) is 35.9 Å². The SMILES string of the molecule is CCNC(=O)NC(=O)[C@@H](OC(=O)COC)c1ccccc1. The first-order chi connectivity index (χ1) is 10.1. The summed E-state index contributed by atoms with van der Waals surface area (Å²) in [5.74, 6) is -1.42. The van der Waals surface area contributed by atoms with E-state index in [4.69, 9.17) is 4.74 Å². The number of hydrogen-bond donors (Lipinski definition) is 2. The molecular formula is C14H18N2O5. The van der Waals surface area contributed by atoms with Crippen molar-refractivity contribution in [1.82, 2.24) is 10.6 Å². The van der Waals surface area contributed by atoms with Gasteiger partial charge in [-0.15, -0.1) is 0 Å². The smallest absolute Gasteiger partial charge is 0.333 e. The summed E-state index contributed by atoms with van der Waals surface area (Å²) in [6.45, 7) is 1.81. The molecule has 114 valence electrons. The molecule has 2 N–H and O–H groups in total. The van der Waals surface area contributed by atoms with Gasteiger partial charge in [0.25, 0.3) is 5.91 Å². The number of carbonyl (C=O) groups is 3. The molecule has 0 heterocycles. The number of rotatable bonds is 6. The first-order valence-corrected chi connectivity index (χ1v) is 6.40. The fourth-order valence-corrected chi connectivity index (χ4v) is 1.57. The minimum atomic E-state index is -1.21. The molecular weight excluding hydrogens is 276 g/mol. The molecule has 0 saturated heterocycles. The number of nitrogens with one attached hydrogen (secondary N) is 2. The summed E-state index contributed by atoms with van der Waals surface area (Å²) in [5.41, 5.74) is 0.462. The molecule has 1 aromatic carbocycles. The zero-order valence-corrected chi connectivity index (χ0v) is 11.9. The Kier molecular flexibility index (Phi) is 6.90. The van der Waals surface area contributed by atoms with Crippen LogP contribution in [-0.4, -0.2) is 38.2 Å². The zero-order valence-electron chi connectivity index (χ0n) is 11.9. The topological polar surface area (TPSA) is 93.7 Å². The number of benzene rings is 1. The van der Waals surface area contributed by atoms with Gasteiger partial charge in [0, 0.05) is 19.2 Å². The van der Waals surface area contributed by atoms with Gasteiger partial charge in [-0.2, -0.15) is 0 Å². The highest BCUT2D eigenvalue weighted by Crippen LogP contribution is 2.17. The number of methoxy groups -OCH3 is 1. The van der Waals surface area contributed by atoms with E-state index in [1.165, 1.54) is 7.11 Å². The van der Waals surface area contributed by atoms with Gasteiger partial charge in [0.2, 0.25) is 6.10 Å². The Morgan fingerprint density at radius 3 is 2.43 bits per heavy atom. The fraction of sp³-hybridized carbons (Fsp3) is 0.357. The molecule has 7 heteroatoms. The second-order valence-electron chi connectivity index (χ2n) is 4.06. The Bertz CT molecular complexity index is 489. The zero-order chi connectivity index (χ0) is 15.7. The van der Waals surface area contributed by atoms with Crippen molar-refractivity contribution in [2.24, 2.45) is 0 Å². The number of amides is 3. The number of urea groups is 1. The first kappa shape index (κ1) is 16.6. The van der Waals surface area contributed by atoms with Crippen molar-refractivity contribution in [3.8, 4) is 0 Å². The highest BCUT2D eigenvalue weighted by atomic mass is 16.6. The van der Waals surface area contributed by atoms with Gasteiger partial charge in [-0.1, -0.05) is 30.3 Å². The van der Waals surface area contributed by atoms with E-state index in [9.17, 15) is 14.4 Å². The summed E-state index contributed by atoms with van der Waals surface area (Å²) in [5, 5.41) is 4.55. The van der Waals surface area contributed by atoms with E-state index in [1.54, 1.807) is 37.3 Å². The lowest BCUT2D eigenvalue weighted by molar-refractivity contribution is -0.159. The lowest BCUT2D eigenvalue weighted by atomic mass is 10.1. The summed E-state index contributed by atoms with van der Waals surface area (Å²) in [7, 11) is 1.34. The molecule has 0 aromatic heterocycles. The van der Waals surface area contributed by atoms with Crippen LogP contribution in [0.3, 0.4) is 0 Å². The number of ether oxygens (including phenoxy) is 2. The van der Waals surface area contributed by atoms with Gasteiger partial charge in [-0.3, -0.25) is 10.1 Å². The molecule has 0 aliphatic carbocycles. The average Bonchev–Trinajstić information content (AvgIpc) is 2.46. The predicted molar refractivity (Wildman–Crippen MR) is 74.4 cm³/mol. The molecule has 1 rings (SSSR count). The van der Waals surface area contributed by atoms with Crippen molar-refractivity contribution in [2.75, 3.05) is 20.3 Å². The van der Waals surface area contributed by atoms with Gasteiger partial charge in [0.15, 0.2) is 0 Å². The van der Waals surface area contributed by atoms with Gasteiger partial charge < -0.3 is 14.8 Å². The van der Waals surface area contributed by atoms with E-state index < -0.39 is 24.0 Å². The van der Waals surface area contributed by atoms with Crippen molar-refractivity contribution in [1.29, 1.82) is 0 Å². The first-order valence-electron chi connectivity index (χ1n) is 6.40. The second-order valence-corrected chi connectivity index (χ2v) is 4.06. The number of hydrogen-bond acceptors (Lipinski definition) is 5. The molecule has 1 aromatic rings. The van der Waals surface area contributed by atoms with Crippen LogP contribution in [0.2, 0.25) is 0 Å². The molecule has 0 aliphatic heterocycles. The number of imide groups is 1. The highest BCUT2D eigenvalue weighted by Gasteiger charge is 2.26. The summed E-state index contributed by atoms with van der Waals surface area (Å²) in [6.07, 6.45) is -1.21. The normalized spacial score (nSPS) is 11.3. The lowest BCUT2D eigenvalue weighted by Gasteiger charge is -2.17. The Balaban J connectivity index is 2.83. The predicted octanol–water partition coefficient (Wildman–Crippen LogP) is 0.763. The summed E-state index contributed by atoms with van der Waals surface area (Å²) in [6, 6.07) is 7.77. The minimum Gasteiger partial charge on any atom is -0.446 e. The van der Waals surface area contributed by atoms with Gasteiger partial charge in [-0.05, 0) is 6.92 Å². The van der Waals surface area contributed by atoms with E-state index in [0.29, 0.717) is 12.1 Å². The average molecular weight is 294 g/mol. The lowest BCUT2D eigenvalue weighted by Crippen LogP contribution is -2.42. The molecule has 21 heavy (non-hydrogen) atoms. The largest absolute Gasteiger partial charge is 0.446 e. The molecule has 3 amide bonds. The number of esters is 1. The Labute approximate surface area is 122 Å². The monoisotopic (exact) mass is 294 g/mol. The quantitative estimate of drug-likeness (QED) is 0.756. The highest BCUT2D eigenvalue weighted by molar-refractivity contribution is 5.97. The third kappa shape index (κ3) is 5.62. The van der Waals surface area contributed by atoms with E-state index >= 15 is 0 Å². The molecule has 0 spiro atoms. The molecule has 7 nitrogen and oxygen atoms in total. The molecule has 0 bridgehead atoms. The van der Waals surface area contributed by atoms with Crippen LogP contribution in [0.5, 0.6) is 0 Å². The summed E-state index contributed by atoms with van der Waals surface area (Å²) < 4.78 is 9.72. The fourth-order valence-electron chi connectivity index (χ4n) is 1.57. The van der Waals surface area contributed by atoms with Gasteiger partial charge >= 0.3 is 12.0 Å². The van der Waals surface area contributed by atoms with E-state index in [1.807, 2.05) is 0 Å². The van der Waals surface area contributed by atoms with Gasteiger partial charge in [0.1, 0.15) is 6.61 Å². The third-order valence-corrected chi connectivity index (χ3v) is 2.43. The van der Waals surface area contributed by atoms with Crippen molar-refractivity contribution >= 4 is 17.9 Å². The summed E-state index contributed by atoms with van der Waals surface area (Å²) >= 11 is 0. The van der Waals surface area contributed by atoms with Crippen molar-refractivity contribution in [2.45, 2.75) is 13.0 Å². The molecule has 0 aliphatic rings. The molecule has 1 atom stereocenters. The third-order valence-electron chi connectivity index (χ3n) is 2.43. The molecule has 0 fully saturated rings. The maximum absolute atomic E-state index is 12.1. The van der Waals surface area contributed by atoms with Crippen LogP contribution in [0.25, 0.3) is 0 Å². The van der Waals surface area contributed by atoms with Gasteiger partial charge in [-0.25, -0.2) is 9.59 Å². The van der Waals surface area contributed by atoms with E-state index in [0.717, 1.165) is 0 Å². The standard InChI is InChI=1S/C14H18N2O5/c1-3-15-14(19)16-13(18)12(21-11(17)9-20-2)10-7-5-4-6-8-10/h4-8,12H,3,9H2,1-2H3,(H2,15,16,18,19)/t12-/m0/s1. The van der Waals surface area contributed by atoms with Crippen LogP contribution in [0, 0.1) is 0 Å². The van der Waals surface area contributed by atoms with Crippen LogP contribution in [0.15, 0.2) is 30.3 Å². The van der Waals surface area contributed by atoms with Crippen LogP contribution in [-0.2, 0) is 19.1 Å². The van der Waals surface area contributed by atoms with E-state index in [-0.39, 0.29) is 6.61 Å². The number of carbonyl (C=O) groups excluding carboxylic acids is 3. The van der Waals surface area contributed by atoms with Crippen LogP contribution < -0.4 is 10.6 Å². The van der Waals surface area contributed by atoms with Crippen LogP contribution in [0.1, 0.15) is 18.6 Å². The summed E-state index contributed by atoms with van der Waals surface area (Å²) in [4.78, 5) is 35.0. The van der Waals surface area contributed by atoms with Gasteiger partial charge in [0.05, 0.1) is 0 Å². The van der Waals surface area contributed by atoms with E-state index in [2.05, 4.69) is 15.4 Å². The molecule has 0 saturated carbocycles. The molecule has 0 radical (unpaired) electrons.